The summed E-state index contributed by atoms with van der Waals surface area (Å²) in [5, 5.41) is 7.46. The van der Waals surface area contributed by atoms with Crippen LogP contribution >= 0.6 is 0 Å². The topological polar surface area (TPSA) is 18.5 Å². The van der Waals surface area contributed by atoms with Crippen molar-refractivity contribution in [3.63, 3.8) is 0 Å². The smallest absolute Gasteiger partial charge is 0.161 e. The van der Waals surface area contributed by atoms with Gasteiger partial charge in [0.2, 0.25) is 0 Å². The van der Waals surface area contributed by atoms with Crippen molar-refractivity contribution in [1.82, 2.24) is 0 Å². The van der Waals surface area contributed by atoms with Crippen molar-refractivity contribution in [3.8, 4) is 11.5 Å². The second-order valence-corrected chi connectivity index (χ2v) is 5.80. The average Bonchev–Trinajstić information content (AvgIpc) is 2.60. The molecule has 0 aliphatic rings. The Hall–Kier alpha value is -2.74. The van der Waals surface area contributed by atoms with Crippen LogP contribution in [0.5, 0.6) is 11.5 Å². The molecular weight excluding hydrogens is 284 g/mol. The normalized spacial score (nSPS) is 11.3. The average molecular weight is 302 g/mol. The minimum absolute atomic E-state index is 0.761. The molecule has 0 N–H and O–H groups in total. The lowest BCUT2D eigenvalue weighted by atomic mass is 9.92. The minimum Gasteiger partial charge on any atom is -0.493 e. The maximum absolute atomic E-state index is 5.51. The van der Waals surface area contributed by atoms with Gasteiger partial charge in [-0.25, -0.2) is 0 Å². The maximum Gasteiger partial charge on any atom is 0.161 e. The third-order valence-electron chi connectivity index (χ3n) is 4.57. The molecule has 0 spiro atoms. The van der Waals surface area contributed by atoms with Crippen LogP contribution in [0, 0.1) is 6.92 Å². The van der Waals surface area contributed by atoms with Gasteiger partial charge in [0, 0.05) is 0 Å². The van der Waals surface area contributed by atoms with E-state index >= 15 is 0 Å². The number of methoxy groups -OCH3 is 2. The minimum atomic E-state index is 0.761. The molecule has 2 nitrogen and oxygen atoms in total. The summed E-state index contributed by atoms with van der Waals surface area (Å²) in [5.41, 5.74) is 1.29. The molecule has 0 heterocycles. The van der Waals surface area contributed by atoms with Crippen LogP contribution in [-0.2, 0) is 0 Å². The van der Waals surface area contributed by atoms with Gasteiger partial charge in [0.05, 0.1) is 14.2 Å². The van der Waals surface area contributed by atoms with Crippen LogP contribution in [-0.4, -0.2) is 14.2 Å². The monoisotopic (exact) mass is 302 g/mol. The second-order valence-electron chi connectivity index (χ2n) is 5.80. The largest absolute Gasteiger partial charge is 0.493 e. The van der Waals surface area contributed by atoms with E-state index in [4.69, 9.17) is 9.47 Å². The molecule has 0 saturated heterocycles. The molecule has 0 aromatic heterocycles. The number of fused-ring (bicyclic) bond motifs is 6. The Morgan fingerprint density at radius 3 is 1.78 bits per heavy atom. The summed E-state index contributed by atoms with van der Waals surface area (Å²) >= 11 is 0. The number of benzene rings is 4. The highest BCUT2D eigenvalue weighted by molar-refractivity contribution is 6.26. The zero-order chi connectivity index (χ0) is 16.0. The molecule has 0 saturated carbocycles. The van der Waals surface area contributed by atoms with Gasteiger partial charge in [0.25, 0.3) is 0 Å². The predicted molar refractivity (Wildman–Crippen MR) is 96.8 cm³/mol. The molecule has 4 aromatic rings. The summed E-state index contributed by atoms with van der Waals surface area (Å²) in [4.78, 5) is 0. The van der Waals surface area contributed by atoms with Crippen LogP contribution in [0.2, 0.25) is 0 Å². The molecule has 0 aliphatic carbocycles. The molecule has 4 rings (SSSR count). The van der Waals surface area contributed by atoms with E-state index in [1.165, 1.54) is 37.9 Å². The fraction of sp³-hybridized carbons (Fsp3) is 0.143. The molecule has 0 radical (unpaired) electrons. The first-order valence-corrected chi connectivity index (χ1v) is 7.70. The number of ether oxygens (including phenoxy) is 2. The lowest BCUT2D eigenvalue weighted by Crippen LogP contribution is -1.92. The highest BCUT2D eigenvalue weighted by Crippen LogP contribution is 2.41. The first kappa shape index (κ1) is 13.9. The van der Waals surface area contributed by atoms with Gasteiger partial charge < -0.3 is 9.47 Å². The van der Waals surface area contributed by atoms with Crippen molar-refractivity contribution in [3.05, 3.63) is 60.2 Å². The van der Waals surface area contributed by atoms with Gasteiger partial charge in [-0.15, -0.1) is 0 Å². The van der Waals surface area contributed by atoms with E-state index in [2.05, 4.69) is 61.5 Å². The van der Waals surface area contributed by atoms with E-state index in [0.29, 0.717) is 0 Å². The fourth-order valence-corrected chi connectivity index (χ4v) is 3.51. The molecule has 4 aromatic carbocycles. The summed E-state index contributed by atoms with van der Waals surface area (Å²) in [6.07, 6.45) is 0. The van der Waals surface area contributed by atoms with Crippen molar-refractivity contribution < 1.29 is 9.47 Å². The zero-order valence-corrected chi connectivity index (χ0v) is 13.5. The molecule has 23 heavy (non-hydrogen) atoms. The number of hydrogen-bond donors (Lipinski definition) is 0. The third kappa shape index (κ3) is 1.95. The van der Waals surface area contributed by atoms with Gasteiger partial charge in [-0.1, -0.05) is 42.5 Å². The van der Waals surface area contributed by atoms with Gasteiger partial charge in [-0.2, -0.15) is 0 Å². The van der Waals surface area contributed by atoms with Crippen molar-refractivity contribution in [2.24, 2.45) is 0 Å². The van der Waals surface area contributed by atoms with Crippen molar-refractivity contribution in [2.75, 3.05) is 14.2 Å². The second kappa shape index (κ2) is 5.17. The van der Waals surface area contributed by atoms with E-state index in [0.717, 1.165) is 11.5 Å². The highest BCUT2D eigenvalue weighted by Gasteiger charge is 2.13. The zero-order valence-electron chi connectivity index (χ0n) is 13.5. The first-order chi connectivity index (χ1) is 11.2. The summed E-state index contributed by atoms with van der Waals surface area (Å²) in [6.45, 7) is 2.17. The predicted octanol–water partition coefficient (Wildman–Crippen LogP) is 5.47. The van der Waals surface area contributed by atoms with Crippen molar-refractivity contribution >= 4 is 32.3 Å². The molecule has 0 unspecified atom stereocenters. The fourth-order valence-electron chi connectivity index (χ4n) is 3.51. The number of hydrogen-bond acceptors (Lipinski definition) is 2. The molecule has 114 valence electrons. The van der Waals surface area contributed by atoms with E-state index < -0.39 is 0 Å². The van der Waals surface area contributed by atoms with Crippen LogP contribution in [0.3, 0.4) is 0 Å². The van der Waals surface area contributed by atoms with Crippen LogP contribution in [0.15, 0.2) is 54.6 Å². The third-order valence-corrected chi connectivity index (χ3v) is 4.57. The molecule has 0 aliphatic heterocycles. The molecule has 0 fully saturated rings. The Balaban J connectivity index is 2.34. The maximum atomic E-state index is 5.51. The standard InChI is InChI=1S/C21H18O2/c1-13-7-6-10-16-18-12-20(23-3)19(22-2)11-17(18)14-8-4-5-9-15(14)21(13)16/h4-12H,1-3H3. The molecule has 0 amide bonds. The van der Waals surface area contributed by atoms with Gasteiger partial charge in [-0.05, 0) is 56.9 Å². The Morgan fingerprint density at radius 2 is 1.13 bits per heavy atom. The quantitative estimate of drug-likeness (QED) is 0.457. The SMILES string of the molecule is COc1cc2c3ccccc3c3c(C)cccc3c2cc1OC. The summed E-state index contributed by atoms with van der Waals surface area (Å²) in [7, 11) is 3.36. The Bertz CT molecular complexity index is 1050. The van der Waals surface area contributed by atoms with Crippen LogP contribution in [0.1, 0.15) is 5.56 Å². The van der Waals surface area contributed by atoms with Crippen molar-refractivity contribution in [2.45, 2.75) is 6.92 Å². The molecule has 0 bridgehead atoms. The number of aryl methyl sites for hydroxylation is 1. The van der Waals surface area contributed by atoms with E-state index in [-0.39, 0.29) is 0 Å². The lowest BCUT2D eigenvalue weighted by Gasteiger charge is -2.15. The van der Waals surface area contributed by atoms with Gasteiger partial charge >= 0.3 is 0 Å². The molecular formula is C21H18O2. The van der Waals surface area contributed by atoms with Crippen LogP contribution < -0.4 is 9.47 Å². The molecule has 0 atom stereocenters. The van der Waals surface area contributed by atoms with Crippen molar-refractivity contribution in [1.29, 1.82) is 0 Å². The van der Waals surface area contributed by atoms with Gasteiger partial charge in [-0.3, -0.25) is 0 Å². The van der Waals surface area contributed by atoms with E-state index in [9.17, 15) is 0 Å². The summed E-state index contributed by atoms with van der Waals surface area (Å²) in [6, 6.07) is 19.2. The van der Waals surface area contributed by atoms with Gasteiger partial charge in [0.15, 0.2) is 11.5 Å². The Kier molecular flexibility index (Phi) is 3.12. The van der Waals surface area contributed by atoms with Gasteiger partial charge in [0.1, 0.15) is 0 Å². The number of rotatable bonds is 2. The molecule has 2 heteroatoms. The summed E-state index contributed by atoms with van der Waals surface area (Å²) < 4.78 is 11.0. The van der Waals surface area contributed by atoms with Crippen LogP contribution in [0.4, 0.5) is 0 Å². The Morgan fingerprint density at radius 1 is 0.609 bits per heavy atom. The van der Waals surface area contributed by atoms with E-state index in [1.54, 1.807) is 14.2 Å². The highest BCUT2D eigenvalue weighted by atomic mass is 16.5. The van der Waals surface area contributed by atoms with E-state index in [1.807, 2.05) is 0 Å². The summed E-state index contributed by atoms with van der Waals surface area (Å²) in [5.74, 6) is 1.52. The first-order valence-electron chi connectivity index (χ1n) is 7.70. The van der Waals surface area contributed by atoms with Crippen LogP contribution in [0.25, 0.3) is 32.3 Å². The lowest BCUT2D eigenvalue weighted by molar-refractivity contribution is 0.356. The Labute approximate surface area is 135 Å².